The van der Waals surface area contributed by atoms with Crippen LogP contribution in [-0.4, -0.2) is 41.5 Å². The number of nitro groups is 1. The number of aliphatic imine (C=N–C) groups is 1. The van der Waals surface area contributed by atoms with Crippen molar-refractivity contribution in [1.82, 2.24) is 15.5 Å². The fourth-order valence-electron chi connectivity index (χ4n) is 3.64. The molecule has 160 valence electrons. The summed E-state index contributed by atoms with van der Waals surface area (Å²) in [6.07, 6.45) is 3.39. The summed E-state index contributed by atoms with van der Waals surface area (Å²) in [4.78, 5) is 17.8. The van der Waals surface area contributed by atoms with E-state index in [0.717, 1.165) is 43.0 Å². The van der Waals surface area contributed by atoms with Crippen molar-refractivity contribution in [1.29, 1.82) is 0 Å². The molecule has 0 atom stereocenters. The third-order valence-corrected chi connectivity index (χ3v) is 5.34. The monoisotopic (exact) mass is 409 g/mol. The number of nitrogens with zero attached hydrogens (tertiary/aromatic N) is 3. The Labute approximate surface area is 178 Å². The molecular formula is C23H31N5O2. The maximum atomic E-state index is 10.8. The van der Waals surface area contributed by atoms with Crippen LogP contribution in [0, 0.1) is 10.1 Å². The number of hydrogen-bond donors (Lipinski definition) is 2. The zero-order valence-corrected chi connectivity index (χ0v) is 17.6. The first-order chi connectivity index (χ1) is 14.6. The molecule has 1 fully saturated rings. The Morgan fingerprint density at radius 3 is 2.43 bits per heavy atom. The van der Waals surface area contributed by atoms with Gasteiger partial charge in [-0.3, -0.25) is 10.1 Å². The smallest absolute Gasteiger partial charge is 0.269 e. The van der Waals surface area contributed by atoms with Gasteiger partial charge in [0.25, 0.3) is 5.69 Å². The van der Waals surface area contributed by atoms with Gasteiger partial charge in [0.05, 0.1) is 11.5 Å². The molecule has 0 radical (unpaired) electrons. The minimum atomic E-state index is -0.379. The van der Waals surface area contributed by atoms with Crippen molar-refractivity contribution < 1.29 is 4.92 Å². The largest absolute Gasteiger partial charge is 0.354 e. The van der Waals surface area contributed by atoms with Crippen LogP contribution in [0.25, 0.3) is 0 Å². The first-order valence-corrected chi connectivity index (χ1v) is 10.7. The van der Waals surface area contributed by atoms with E-state index in [4.69, 9.17) is 4.99 Å². The molecule has 7 heteroatoms. The van der Waals surface area contributed by atoms with Crippen LogP contribution in [0.15, 0.2) is 59.6 Å². The minimum absolute atomic E-state index is 0.105. The summed E-state index contributed by atoms with van der Waals surface area (Å²) in [5.41, 5.74) is 2.24. The Hall–Kier alpha value is -2.93. The van der Waals surface area contributed by atoms with Gasteiger partial charge in [-0.15, -0.1) is 0 Å². The molecular weight excluding hydrogens is 378 g/mol. The van der Waals surface area contributed by atoms with E-state index in [1.807, 2.05) is 18.2 Å². The molecule has 1 saturated heterocycles. The van der Waals surface area contributed by atoms with Gasteiger partial charge >= 0.3 is 0 Å². The first-order valence-electron chi connectivity index (χ1n) is 10.7. The molecule has 2 aromatic carbocycles. The van der Waals surface area contributed by atoms with Crippen LogP contribution < -0.4 is 10.6 Å². The highest BCUT2D eigenvalue weighted by Crippen LogP contribution is 2.13. The molecule has 2 aromatic rings. The highest BCUT2D eigenvalue weighted by Gasteiger charge is 2.19. The zero-order valence-electron chi connectivity index (χ0n) is 17.6. The lowest BCUT2D eigenvalue weighted by atomic mass is 10.1. The molecule has 0 unspecified atom stereocenters. The van der Waals surface area contributed by atoms with Crippen molar-refractivity contribution in [2.24, 2.45) is 4.99 Å². The van der Waals surface area contributed by atoms with Crippen molar-refractivity contribution in [3.63, 3.8) is 0 Å². The summed E-state index contributed by atoms with van der Waals surface area (Å²) >= 11 is 0. The summed E-state index contributed by atoms with van der Waals surface area (Å²) in [6.45, 7) is 6.78. The third kappa shape index (κ3) is 6.84. The Balaban J connectivity index is 1.61. The predicted molar refractivity (Wildman–Crippen MR) is 120 cm³/mol. The van der Waals surface area contributed by atoms with Gasteiger partial charge in [0, 0.05) is 37.8 Å². The fourth-order valence-corrected chi connectivity index (χ4v) is 3.64. The minimum Gasteiger partial charge on any atom is -0.354 e. The van der Waals surface area contributed by atoms with Gasteiger partial charge in [0.1, 0.15) is 0 Å². The van der Waals surface area contributed by atoms with Crippen molar-refractivity contribution >= 4 is 11.6 Å². The quantitative estimate of drug-likeness (QED) is 0.301. The van der Waals surface area contributed by atoms with Crippen molar-refractivity contribution in [3.05, 3.63) is 75.8 Å². The van der Waals surface area contributed by atoms with Gasteiger partial charge in [-0.25, -0.2) is 4.99 Å². The van der Waals surface area contributed by atoms with Crippen LogP contribution in [-0.2, 0) is 13.1 Å². The summed E-state index contributed by atoms with van der Waals surface area (Å²) in [6, 6.07) is 17.2. The molecule has 7 nitrogen and oxygen atoms in total. The van der Waals surface area contributed by atoms with E-state index in [1.54, 1.807) is 12.1 Å². The predicted octanol–water partition coefficient (Wildman–Crippen LogP) is 3.70. The average Bonchev–Trinajstić information content (AvgIpc) is 2.78. The molecule has 0 saturated carbocycles. The van der Waals surface area contributed by atoms with Crippen LogP contribution in [0.1, 0.15) is 37.3 Å². The number of non-ortho nitro benzene ring substituents is 1. The normalized spacial score (nSPS) is 15.7. The number of piperidine rings is 1. The Kier molecular flexibility index (Phi) is 8.20. The Bertz CT molecular complexity index is 815. The molecule has 0 aromatic heterocycles. The summed E-state index contributed by atoms with van der Waals surface area (Å²) in [5, 5.41) is 17.8. The molecule has 1 heterocycles. The standard InChI is InChI=1S/C23H31N5O2/c1-2-14-27-15-12-21(13-16-27)26-23(24-17-19-6-4-3-5-7-19)25-18-20-8-10-22(11-9-20)28(29)30/h3-11,21H,2,12-18H2,1H3,(H2,24,25,26). The number of nitrogens with one attached hydrogen (secondary N) is 2. The number of guanidine groups is 1. The van der Waals surface area contributed by atoms with Crippen LogP contribution >= 0.6 is 0 Å². The fraction of sp³-hybridized carbons (Fsp3) is 0.435. The van der Waals surface area contributed by atoms with Crippen molar-refractivity contribution in [3.8, 4) is 0 Å². The summed E-state index contributed by atoms with van der Waals surface area (Å²) in [7, 11) is 0. The van der Waals surface area contributed by atoms with Gasteiger partial charge in [0.2, 0.25) is 0 Å². The van der Waals surface area contributed by atoms with Gasteiger partial charge in [-0.1, -0.05) is 49.4 Å². The van der Waals surface area contributed by atoms with Crippen LogP contribution in [0.2, 0.25) is 0 Å². The molecule has 3 rings (SSSR count). The zero-order chi connectivity index (χ0) is 21.2. The summed E-state index contributed by atoms with van der Waals surface area (Å²) in [5.74, 6) is 0.783. The van der Waals surface area contributed by atoms with Crippen LogP contribution in [0.3, 0.4) is 0 Å². The van der Waals surface area contributed by atoms with E-state index >= 15 is 0 Å². The van der Waals surface area contributed by atoms with E-state index in [0.29, 0.717) is 19.1 Å². The van der Waals surface area contributed by atoms with Crippen molar-refractivity contribution in [2.75, 3.05) is 19.6 Å². The molecule has 1 aliphatic heterocycles. The SMILES string of the molecule is CCCN1CCC(NC(=NCc2ccccc2)NCc2ccc([N+](=O)[O-])cc2)CC1. The molecule has 0 aliphatic carbocycles. The van der Waals surface area contributed by atoms with E-state index in [2.05, 4.69) is 34.6 Å². The Morgan fingerprint density at radius 1 is 1.10 bits per heavy atom. The van der Waals surface area contributed by atoms with Crippen molar-refractivity contribution in [2.45, 2.75) is 45.3 Å². The molecule has 0 spiro atoms. The summed E-state index contributed by atoms with van der Waals surface area (Å²) < 4.78 is 0. The lowest BCUT2D eigenvalue weighted by Gasteiger charge is -2.32. The number of nitro benzene ring substituents is 1. The second-order valence-corrected chi connectivity index (χ2v) is 7.69. The van der Waals surface area contributed by atoms with Crippen LogP contribution in [0.4, 0.5) is 5.69 Å². The number of benzene rings is 2. The number of rotatable bonds is 8. The maximum absolute atomic E-state index is 10.8. The third-order valence-electron chi connectivity index (χ3n) is 5.34. The number of hydrogen-bond acceptors (Lipinski definition) is 4. The highest BCUT2D eigenvalue weighted by atomic mass is 16.6. The van der Waals surface area contributed by atoms with Gasteiger partial charge in [0.15, 0.2) is 5.96 Å². The van der Waals surface area contributed by atoms with E-state index in [-0.39, 0.29) is 10.6 Å². The first kappa shape index (κ1) is 21.8. The van der Waals surface area contributed by atoms with E-state index in [1.165, 1.54) is 25.1 Å². The molecule has 0 bridgehead atoms. The van der Waals surface area contributed by atoms with Gasteiger partial charge in [-0.2, -0.15) is 0 Å². The van der Waals surface area contributed by atoms with E-state index < -0.39 is 0 Å². The topological polar surface area (TPSA) is 82.8 Å². The second-order valence-electron chi connectivity index (χ2n) is 7.69. The van der Waals surface area contributed by atoms with E-state index in [9.17, 15) is 10.1 Å². The average molecular weight is 410 g/mol. The lowest BCUT2D eigenvalue weighted by Crippen LogP contribution is -2.48. The van der Waals surface area contributed by atoms with Gasteiger partial charge < -0.3 is 15.5 Å². The molecule has 2 N–H and O–H groups in total. The number of likely N-dealkylation sites (tertiary alicyclic amines) is 1. The molecule has 0 amide bonds. The lowest BCUT2D eigenvalue weighted by molar-refractivity contribution is -0.384. The maximum Gasteiger partial charge on any atom is 0.269 e. The molecule has 30 heavy (non-hydrogen) atoms. The van der Waals surface area contributed by atoms with Gasteiger partial charge in [-0.05, 0) is 36.9 Å². The highest BCUT2D eigenvalue weighted by molar-refractivity contribution is 5.80. The second kappa shape index (κ2) is 11.3. The van der Waals surface area contributed by atoms with Crippen LogP contribution in [0.5, 0.6) is 0 Å². The Morgan fingerprint density at radius 2 is 1.80 bits per heavy atom. The molecule has 1 aliphatic rings.